The number of hydrogen-bond donors (Lipinski definition) is 2. The second-order valence-corrected chi connectivity index (χ2v) is 5.23. The molecule has 1 aromatic rings. The number of carbonyl (C=O) groups is 1. The van der Waals surface area contributed by atoms with Crippen molar-refractivity contribution in [1.29, 1.82) is 0 Å². The molecule has 1 fully saturated rings. The van der Waals surface area contributed by atoms with Crippen LogP contribution in [0, 0.1) is 0 Å². The molecule has 0 unspecified atom stereocenters. The second kappa shape index (κ2) is 5.48. The first-order valence-electron chi connectivity index (χ1n) is 6.54. The van der Waals surface area contributed by atoms with E-state index in [0.29, 0.717) is 11.7 Å². The zero-order chi connectivity index (χ0) is 14.0. The van der Waals surface area contributed by atoms with Gasteiger partial charge in [0.15, 0.2) is 0 Å². The summed E-state index contributed by atoms with van der Waals surface area (Å²) >= 11 is 0. The average molecular weight is 263 g/mol. The van der Waals surface area contributed by atoms with E-state index < -0.39 is 5.97 Å². The average Bonchev–Trinajstić information content (AvgIpc) is 2.38. The van der Waals surface area contributed by atoms with Crippen LogP contribution in [0.15, 0.2) is 18.2 Å². The molecule has 1 heterocycles. The SMILES string of the molecule is CN(C)C1CCN(c2cccc(C(=O)O)c2N)CC1. The summed E-state index contributed by atoms with van der Waals surface area (Å²) < 4.78 is 0. The van der Waals surface area contributed by atoms with Crippen molar-refractivity contribution in [1.82, 2.24) is 4.90 Å². The number of benzene rings is 1. The molecule has 5 nitrogen and oxygen atoms in total. The lowest BCUT2D eigenvalue weighted by Gasteiger charge is -2.37. The molecular weight excluding hydrogens is 242 g/mol. The van der Waals surface area contributed by atoms with Gasteiger partial charge in [0.25, 0.3) is 0 Å². The van der Waals surface area contributed by atoms with E-state index in [-0.39, 0.29) is 5.56 Å². The standard InChI is InChI=1S/C14H21N3O2/c1-16(2)10-6-8-17(9-7-10)12-5-3-4-11(13(12)15)14(18)19/h3-5,10H,6-9,15H2,1-2H3,(H,18,19). The van der Waals surface area contributed by atoms with Crippen LogP contribution in [0.2, 0.25) is 0 Å². The molecule has 1 saturated heterocycles. The van der Waals surface area contributed by atoms with Crippen molar-refractivity contribution < 1.29 is 9.90 Å². The number of anilines is 2. The minimum atomic E-state index is -0.970. The van der Waals surface area contributed by atoms with Crippen LogP contribution in [0.25, 0.3) is 0 Å². The van der Waals surface area contributed by atoms with Gasteiger partial charge < -0.3 is 20.6 Å². The molecule has 1 aromatic carbocycles. The summed E-state index contributed by atoms with van der Waals surface area (Å²) in [5.41, 5.74) is 7.38. The summed E-state index contributed by atoms with van der Waals surface area (Å²) in [5, 5.41) is 9.10. The highest BCUT2D eigenvalue weighted by Gasteiger charge is 2.23. The fraction of sp³-hybridized carbons (Fsp3) is 0.500. The molecular formula is C14H21N3O2. The minimum absolute atomic E-state index is 0.187. The van der Waals surface area contributed by atoms with Crippen LogP contribution in [-0.2, 0) is 0 Å². The van der Waals surface area contributed by atoms with Crippen LogP contribution in [0.3, 0.4) is 0 Å². The van der Waals surface area contributed by atoms with Crippen molar-refractivity contribution in [3.05, 3.63) is 23.8 Å². The van der Waals surface area contributed by atoms with E-state index in [0.717, 1.165) is 31.6 Å². The van der Waals surface area contributed by atoms with Gasteiger partial charge in [-0.15, -0.1) is 0 Å². The molecule has 0 aromatic heterocycles. The highest BCUT2D eigenvalue weighted by molar-refractivity contribution is 5.97. The monoisotopic (exact) mass is 263 g/mol. The number of rotatable bonds is 3. The summed E-state index contributed by atoms with van der Waals surface area (Å²) in [6.07, 6.45) is 2.15. The lowest BCUT2D eigenvalue weighted by Crippen LogP contribution is -2.42. The van der Waals surface area contributed by atoms with E-state index >= 15 is 0 Å². The number of aromatic carboxylic acids is 1. The van der Waals surface area contributed by atoms with Crippen molar-refractivity contribution in [2.45, 2.75) is 18.9 Å². The zero-order valence-electron chi connectivity index (χ0n) is 11.5. The first-order chi connectivity index (χ1) is 9.00. The van der Waals surface area contributed by atoms with Crippen LogP contribution in [-0.4, -0.2) is 49.2 Å². The summed E-state index contributed by atoms with van der Waals surface area (Å²) in [7, 11) is 4.19. The first kappa shape index (κ1) is 13.7. The molecule has 0 bridgehead atoms. The summed E-state index contributed by atoms with van der Waals surface area (Å²) in [6, 6.07) is 5.80. The topological polar surface area (TPSA) is 69.8 Å². The maximum atomic E-state index is 11.1. The van der Waals surface area contributed by atoms with Gasteiger partial charge in [0.2, 0.25) is 0 Å². The third kappa shape index (κ3) is 2.81. The van der Waals surface area contributed by atoms with Gasteiger partial charge in [0.05, 0.1) is 16.9 Å². The number of nitrogens with zero attached hydrogens (tertiary/aromatic N) is 2. The Labute approximate surface area is 113 Å². The molecule has 5 heteroatoms. The Balaban J connectivity index is 2.16. The molecule has 104 valence electrons. The van der Waals surface area contributed by atoms with Crippen LogP contribution >= 0.6 is 0 Å². The van der Waals surface area contributed by atoms with Gasteiger partial charge in [-0.05, 0) is 39.1 Å². The number of piperidine rings is 1. The van der Waals surface area contributed by atoms with E-state index in [1.54, 1.807) is 12.1 Å². The number of carboxylic acids is 1. The molecule has 2 rings (SSSR count). The maximum absolute atomic E-state index is 11.1. The van der Waals surface area contributed by atoms with Crippen LogP contribution in [0.1, 0.15) is 23.2 Å². The fourth-order valence-electron chi connectivity index (χ4n) is 2.64. The van der Waals surface area contributed by atoms with Gasteiger partial charge in [-0.1, -0.05) is 6.07 Å². The number of hydrogen-bond acceptors (Lipinski definition) is 4. The van der Waals surface area contributed by atoms with Crippen molar-refractivity contribution in [3.63, 3.8) is 0 Å². The molecule has 0 aliphatic carbocycles. The number of nitrogen functional groups attached to an aromatic ring is 1. The highest BCUT2D eigenvalue weighted by Crippen LogP contribution is 2.29. The molecule has 0 atom stereocenters. The number of para-hydroxylation sites is 1. The van der Waals surface area contributed by atoms with Crippen LogP contribution in [0.5, 0.6) is 0 Å². The maximum Gasteiger partial charge on any atom is 0.337 e. The van der Waals surface area contributed by atoms with Gasteiger partial charge >= 0.3 is 5.97 Å². The Bertz CT molecular complexity index is 466. The van der Waals surface area contributed by atoms with E-state index in [9.17, 15) is 4.79 Å². The summed E-state index contributed by atoms with van der Waals surface area (Å²) in [6.45, 7) is 1.83. The Morgan fingerprint density at radius 3 is 2.53 bits per heavy atom. The van der Waals surface area contributed by atoms with Crippen LogP contribution in [0.4, 0.5) is 11.4 Å². The smallest absolute Gasteiger partial charge is 0.337 e. The normalized spacial score (nSPS) is 16.9. The van der Waals surface area contributed by atoms with Crippen molar-refractivity contribution >= 4 is 17.3 Å². The van der Waals surface area contributed by atoms with E-state index in [2.05, 4.69) is 23.9 Å². The third-order valence-corrected chi connectivity index (χ3v) is 3.85. The van der Waals surface area contributed by atoms with Crippen molar-refractivity contribution in [3.8, 4) is 0 Å². The highest BCUT2D eigenvalue weighted by atomic mass is 16.4. The predicted molar refractivity (Wildman–Crippen MR) is 76.7 cm³/mol. The van der Waals surface area contributed by atoms with Crippen LogP contribution < -0.4 is 10.6 Å². The molecule has 1 aliphatic heterocycles. The molecule has 3 N–H and O–H groups in total. The molecule has 19 heavy (non-hydrogen) atoms. The molecule has 0 saturated carbocycles. The van der Waals surface area contributed by atoms with E-state index in [1.165, 1.54) is 0 Å². The molecule has 0 amide bonds. The number of nitrogens with two attached hydrogens (primary N) is 1. The fourth-order valence-corrected chi connectivity index (χ4v) is 2.64. The Kier molecular flexibility index (Phi) is 3.95. The van der Waals surface area contributed by atoms with Crippen molar-refractivity contribution in [2.24, 2.45) is 0 Å². The van der Waals surface area contributed by atoms with Gasteiger partial charge in [0.1, 0.15) is 0 Å². The Hall–Kier alpha value is -1.75. The van der Waals surface area contributed by atoms with E-state index in [4.69, 9.17) is 10.8 Å². The summed E-state index contributed by atoms with van der Waals surface area (Å²) in [4.78, 5) is 15.5. The second-order valence-electron chi connectivity index (χ2n) is 5.23. The lowest BCUT2D eigenvalue weighted by molar-refractivity contribution is 0.0698. The zero-order valence-corrected chi connectivity index (χ0v) is 11.5. The quantitative estimate of drug-likeness (QED) is 0.809. The molecule has 0 radical (unpaired) electrons. The van der Waals surface area contributed by atoms with Gasteiger partial charge in [0, 0.05) is 19.1 Å². The van der Waals surface area contributed by atoms with Gasteiger partial charge in [-0.2, -0.15) is 0 Å². The van der Waals surface area contributed by atoms with Crippen molar-refractivity contribution in [2.75, 3.05) is 37.8 Å². The largest absolute Gasteiger partial charge is 0.478 e. The first-order valence-corrected chi connectivity index (χ1v) is 6.54. The predicted octanol–water partition coefficient (Wildman–Crippen LogP) is 1.50. The minimum Gasteiger partial charge on any atom is -0.478 e. The Morgan fingerprint density at radius 2 is 2.00 bits per heavy atom. The number of carboxylic acid groups (broad SMARTS) is 1. The Morgan fingerprint density at radius 1 is 1.37 bits per heavy atom. The molecule has 0 spiro atoms. The molecule has 1 aliphatic rings. The third-order valence-electron chi connectivity index (χ3n) is 3.85. The van der Waals surface area contributed by atoms with Gasteiger partial charge in [-0.25, -0.2) is 4.79 Å². The summed E-state index contributed by atoms with van der Waals surface area (Å²) in [5.74, 6) is -0.970. The lowest BCUT2D eigenvalue weighted by atomic mass is 10.0. The van der Waals surface area contributed by atoms with E-state index in [1.807, 2.05) is 6.07 Å². The van der Waals surface area contributed by atoms with Gasteiger partial charge in [-0.3, -0.25) is 0 Å².